The van der Waals surface area contributed by atoms with Crippen LogP contribution in [0, 0.1) is 0 Å². The molecule has 4 N–H and O–H groups in total. The highest BCUT2D eigenvalue weighted by Gasteiger charge is 2.29. The van der Waals surface area contributed by atoms with E-state index in [0.29, 0.717) is 30.2 Å². The lowest BCUT2D eigenvalue weighted by atomic mass is 10.1. The van der Waals surface area contributed by atoms with Crippen LogP contribution in [0.3, 0.4) is 0 Å². The highest BCUT2D eigenvalue weighted by atomic mass is 79.9. The highest BCUT2D eigenvalue weighted by molar-refractivity contribution is 9.10. The number of benzene rings is 1. The second kappa shape index (κ2) is 6.26. The SMILES string of the molecule is NNC(=S)N1CCc2c(c(C(=O)O)nn2-c2ccc(Br)cc2)C1. The third kappa shape index (κ3) is 2.94. The average molecular weight is 396 g/mol. The number of rotatable bonds is 2. The van der Waals surface area contributed by atoms with Gasteiger partial charge in [0.25, 0.3) is 0 Å². The molecule has 1 aliphatic rings. The van der Waals surface area contributed by atoms with Crippen molar-refractivity contribution in [2.75, 3.05) is 6.54 Å². The number of fused-ring (bicyclic) bond motifs is 1. The van der Waals surface area contributed by atoms with Gasteiger partial charge in [-0.3, -0.25) is 0 Å². The number of nitrogens with two attached hydrogens (primary N) is 1. The number of carboxylic acid groups (broad SMARTS) is 1. The first-order valence-corrected chi connectivity index (χ1v) is 8.07. The number of hydrogen-bond donors (Lipinski definition) is 3. The van der Waals surface area contributed by atoms with Crippen LogP contribution in [0.25, 0.3) is 5.69 Å². The fourth-order valence-electron chi connectivity index (χ4n) is 2.65. The van der Waals surface area contributed by atoms with Gasteiger partial charge in [0.05, 0.1) is 11.4 Å². The van der Waals surface area contributed by atoms with Gasteiger partial charge >= 0.3 is 5.97 Å². The number of thiocarbonyl (C=S) groups is 1. The van der Waals surface area contributed by atoms with Crippen LogP contribution in [-0.2, 0) is 13.0 Å². The first-order chi connectivity index (χ1) is 11.0. The third-order valence-corrected chi connectivity index (χ3v) is 4.65. The summed E-state index contributed by atoms with van der Waals surface area (Å²) in [6, 6.07) is 7.57. The van der Waals surface area contributed by atoms with Crippen molar-refractivity contribution in [3.05, 3.63) is 45.7 Å². The predicted octanol–water partition coefficient (Wildman–Crippen LogP) is 1.44. The minimum atomic E-state index is -1.05. The lowest BCUT2D eigenvalue weighted by Crippen LogP contribution is -2.45. The summed E-state index contributed by atoms with van der Waals surface area (Å²) in [5.74, 6) is 4.31. The molecule has 0 fully saturated rings. The third-order valence-electron chi connectivity index (χ3n) is 3.74. The summed E-state index contributed by atoms with van der Waals surface area (Å²) in [4.78, 5) is 13.4. The monoisotopic (exact) mass is 395 g/mol. The van der Waals surface area contributed by atoms with Crippen molar-refractivity contribution in [3.8, 4) is 5.69 Å². The van der Waals surface area contributed by atoms with Crippen molar-refractivity contribution in [2.24, 2.45) is 5.84 Å². The van der Waals surface area contributed by atoms with Crippen molar-refractivity contribution in [2.45, 2.75) is 13.0 Å². The predicted molar refractivity (Wildman–Crippen MR) is 92.3 cm³/mol. The second-order valence-corrected chi connectivity index (χ2v) is 6.39. The minimum absolute atomic E-state index is 0.0486. The smallest absolute Gasteiger partial charge is 0.356 e. The maximum Gasteiger partial charge on any atom is 0.356 e. The molecule has 0 aliphatic carbocycles. The van der Waals surface area contributed by atoms with Crippen LogP contribution in [0.15, 0.2) is 28.7 Å². The number of hydrazine groups is 1. The summed E-state index contributed by atoms with van der Waals surface area (Å²) < 4.78 is 2.65. The Hall–Kier alpha value is -1.97. The van der Waals surface area contributed by atoms with Crippen LogP contribution >= 0.6 is 28.1 Å². The number of hydrogen-bond acceptors (Lipinski definition) is 4. The van der Waals surface area contributed by atoms with E-state index in [1.165, 1.54) is 0 Å². The molecule has 0 unspecified atom stereocenters. The minimum Gasteiger partial charge on any atom is -0.476 e. The zero-order valence-corrected chi connectivity index (χ0v) is 14.4. The van der Waals surface area contributed by atoms with Gasteiger partial charge in [-0.05, 0) is 36.5 Å². The Balaban J connectivity index is 2.06. The Morgan fingerprint density at radius 2 is 2.09 bits per heavy atom. The van der Waals surface area contributed by atoms with Crippen LogP contribution in [0.1, 0.15) is 21.7 Å². The molecule has 1 aliphatic heterocycles. The summed E-state index contributed by atoms with van der Waals surface area (Å²) in [6.45, 7) is 1.02. The standard InChI is InChI=1S/C14H14BrN5O2S/c15-8-1-3-9(4-2-8)20-11-5-6-19(14(23)17-16)7-10(11)12(18-20)13(21)22/h1-4H,5-7,16H2,(H,17,23)(H,21,22). The molecule has 3 rings (SSSR count). The van der Waals surface area contributed by atoms with Crippen LogP contribution in [0.2, 0.25) is 0 Å². The molecule has 0 amide bonds. The van der Waals surface area contributed by atoms with Crippen LogP contribution in [0.5, 0.6) is 0 Å². The second-order valence-electron chi connectivity index (χ2n) is 5.09. The highest BCUT2D eigenvalue weighted by Crippen LogP contribution is 2.26. The number of carboxylic acids is 1. The zero-order chi connectivity index (χ0) is 16.6. The van der Waals surface area contributed by atoms with Gasteiger partial charge in [-0.1, -0.05) is 15.9 Å². The quantitative estimate of drug-likeness (QED) is 0.402. The van der Waals surface area contributed by atoms with E-state index in [0.717, 1.165) is 15.9 Å². The van der Waals surface area contributed by atoms with Crippen LogP contribution in [0.4, 0.5) is 0 Å². The summed E-state index contributed by atoms with van der Waals surface area (Å²) >= 11 is 8.53. The Morgan fingerprint density at radius 1 is 1.39 bits per heavy atom. The molecule has 0 spiro atoms. The van der Waals surface area contributed by atoms with Crippen molar-refractivity contribution in [1.29, 1.82) is 0 Å². The summed E-state index contributed by atoms with van der Waals surface area (Å²) in [5, 5.41) is 14.1. The van der Waals surface area contributed by atoms with Crippen molar-refractivity contribution < 1.29 is 9.90 Å². The maximum atomic E-state index is 11.5. The number of nitrogens with zero attached hydrogens (tertiary/aromatic N) is 3. The Labute approximate surface area is 146 Å². The van der Waals surface area contributed by atoms with E-state index in [4.69, 9.17) is 18.1 Å². The van der Waals surface area contributed by atoms with Gasteiger partial charge in [-0.25, -0.2) is 15.3 Å². The van der Waals surface area contributed by atoms with E-state index in [1.54, 1.807) is 4.68 Å². The van der Waals surface area contributed by atoms with Gasteiger partial charge in [0, 0.05) is 29.5 Å². The van der Waals surface area contributed by atoms with Gasteiger partial charge in [0.2, 0.25) is 0 Å². The molecular formula is C14H14BrN5O2S. The molecule has 23 heavy (non-hydrogen) atoms. The van der Waals surface area contributed by atoms with Gasteiger partial charge in [0.1, 0.15) is 0 Å². The van der Waals surface area contributed by atoms with E-state index >= 15 is 0 Å². The summed E-state index contributed by atoms with van der Waals surface area (Å²) in [5.41, 5.74) is 4.87. The molecule has 0 saturated heterocycles. The number of carbonyl (C=O) groups is 1. The normalized spacial score (nSPS) is 13.6. The van der Waals surface area contributed by atoms with E-state index in [2.05, 4.69) is 26.5 Å². The fourth-order valence-corrected chi connectivity index (χ4v) is 3.07. The molecule has 0 radical (unpaired) electrons. The summed E-state index contributed by atoms with van der Waals surface area (Å²) in [7, 11) is 0. The van der Waals surface area contributed by atoms with E-state index in [9.17, 15) is 9.90 Å². The molecular weight excluding hydrogens is 382 g/mol. The molecule has 0 saturated carbocycles. The molecule has 1 aromatic carbocycles. The number of nitrogens with one attached hydrogen (secondary N) is 1. The summed E-state index contributed by atoms with van der Waals surface area (Å²) in [6.07, 6.45) is 0.632. The molecule has 0 atom stereocenters. The molecule has 2 aromatic rings. The number of halogens is 1. The number of aromatic carboxylic acids is 1. The van der Waals surface area contributed by atoms with E-state index in [-0.39, 0.29) is 5.69 Å². The zero-order valence-electron chi connectivity index (χ0n) is 12.0. The van der Waals surface area contributed by atoms with Gasteiger partial charge in [-0.15, -0.1) is 0 Å². The average Bonchev–Trinajstić information content (AvgIpc) is 2.93. The molecule has 0 bridgehead atoms. The van der Waals surface area contributed by atoms with Crippen molar-refractivity contribution >= 4 is 39.2 Å². The first-order valence-electron chi connectivity index (χ1n) is 6.86. The Morgan fingerprint density at radius 3 is 2.70 bits per heavy atom. The lowest BCUT2D eigenvalue weighted by Gasteiger charge is -2.29. The molecule has 1 aromatic heterocycles. The lowest BCUT2D eigenvalue weighted by molar-refractivity contribution is 0.0688. The van der Waals surface area contributed by atoms with Gasteiger partial charge in [-0.2, -0.15) is 5.10 Å². The molecule has 2 heterocycles. The maximum absolute atomic E-state index is 11.5. The number of aromatic nitrogens is 2. The topological polar surface area (TPSA) is 96.4 Å². The van der Waals surface area contributed by atoms with Crippen molar-refractivity contribution in [1.82, 2.24) is 20.1 Å². The van der Waals surface area contributed by atoms with Crippen LogP contribution in [-0.4, -0.2) is 37.4 Å². The molecule has 120 valence electrons. The molecule has 7 nitrogen and oxygen atoms in total. The van der Waals surface area contributed by atoms with Crippen LogP contribution < -0.4 is 11.3 Å². The molecule has 9 heteroatoms. The van der Waals surface area contributed by atoms with Crippen molar-refractivity contribution in [3.63, 3.8) is 0 Å². The van der Waals surface area contributed by atoms with E-state index in [1.807, 2.05) is 29.2 Å². The van der Waals surface area contributed by atoms with Gasteiger partial charge in [0.15, 0.2) is 10.8 Å². The van der Waals surface area contributed by atoms with Gasteiger partial charge < -0.3 is 15.4 Å². The Bertz CT molecular complexity index is 774. The Kier molecular flexibility index (Phi) is 4.33. The largest absolute Gasteiger partial charge is 0.476 e. The first kappa shape index (κ1) is 15.9. The van der Waals surface area contributed by atoms with E-state index < -0.39 is 5.97 Å². The fraction of sp³-hybridized carbons (Fsp3) is 0.214.